The first-order valence-electron chi connectivity index (χ1n) is 8.42. The van der Waals surface area contributed by atoms with E-state index in [0.29, 0.717) is 18.0 Å². The third-order valence-corrected chi connectivity index (χ3v) is 4.06. The molecule has 7 heteroatoms. The van der Waals surface area contributed by atoms with Crippen molar-refractivity contribution in [3.8, 4) is 17.1 Å². The van der Waals surface area contributed by atoms with Crippen LogP contribution < -0.4 is 10.1 Å². The molecule has 134 valence electrons. The summed E-state index contributed by atoms with van der Waals surface area (Å²) in [6, 6.07) is 12.6. The third kappa shape index (κ3) is 3.72. The molecular weight excluding hydrogens is 330 g/mol. The molecule has 3 rings (SSSR count). The molecule has 0 aliphatic heterocycles. The van der Waals surface area contributed by atoms with Gasteiger partial charge in [-0.2, -0.15) is 5.10 Å². The van der Waals surface area contributed by atoms with Gasteiger partial charge in [0.05, 0.1) is 18.8 Å². The van der Waals surface area contributed by atoms with E-state index < -0.39 is 0 Å². The summed E-state index contributed by atoms with van der Waals surface area (Å²) in [6.45, 7) is 4.58. The Balaban J connectivity index is 1.72. The lowest BCUT2D eigenvalue weighted by molar-refractivity contribution is 0.0937. The Labute approximate surface area is 152 Å². The van der Waals surface area contributed by atoms with Crippen molar-refractivity contribution in [1.29, 1.82) is 0 Å². The van der Waals surface area contributed by atoms with E-state index in [1.165, 1.54) is 6.33 Å². The lowest BCUT2D eigenvalue weighted by Gasteiger charge is -2.14. The van der Waals surface area contributed by atoms with Crippen molar-refractivity contribution >= 4 is 5.91 Å². The molecule has 1 N–H and O–H groups in total. The predicted molar refractivity (Wildman–Crippen MR) is 97.8 cm³/mol. The van der Waals surface area contributed by atoms with E-state index in [1.54, 1.807) is 30.0 Å². The Hall–Kier alpha value is -3.22. The maximum Gasteiger partial charge on any atom is 0.251 e. The first kappa shape index (κ1) is 17.6. The number of aryl methyl sites for hydroxylation is 1. The van der Waals surface area contributed by atoms with E-state index in [1.807, 2.05) is 38.1 Å². The lowest BCUT2D eigenvalue weighted by atomic mass is 10.1. The number of carbonyl (C=O) groups excluding carboxylic acids is 1. The second-order valence-corrected chi connectivity index (χ2v) is 5.77. The number of hydrogen-bond donors (Lipinski definition) is 1. The van der Waals surface area contributed by atoms with E-state index in [-0.39, 0.29) is 11.9 Å². The van der Waals surface area contributed by atoms with E-state index in [2.05, 4.69) is 20.4 Å². The Morgan fingerprint density at radius 3 is 2.69 bits per heavy atom. The van der Waals surface area contributed by atoms with Gasteiger partial charge in [-0.05, 0) is 32.0 Å². The fourth-order valence-corrected chi connectivity index (χ4v) is 2.68. The molecule has 1 aromatic carbocycles. The van der Waals surface area contributed by atoms with Crippen LogP contribution in [0.1, 0.15) is 36.1 Å². The smallest absolute Gasteiger partial charge is 0.251 e. The summed E-state index contributed by atoms with van der Waals surface area (Å²) < 4.78 is 6.91. The number of ether oxygens (including phenoxy) is 1. The number of amides is 1. The topological polar surface area (TPSA) is 81.9 Å². The zero-order valence-electron chi connectivity index (χ0n) is 15.0. The van der Waals surface area contributed by atoms with Gasteiger partial charge in [-0.15, -0.1) is 0 Å². The largest absolute Gasteiger partial charge is 0.481 e. The van der Waals surface area contributed by atoms with Crippen LogP contribution in [0.15, 0.2) is 48.8 Å². The Morgan fingerprint density at radius 2 is 2.00 bits per heavy atom. The molecule has 0 bridgehead atoms. The second kappa shape index (κ2) is 7.77. The molecule has 0 aliphatic rings. The summed E-state index contributed by atoms with van der Waals surface area (Å²) >= 11 is 0. The van der Waals surface area contributed by atoms with Crippen LogP contribution in [0.25, 0.3) is 11.3 Å². The first-order chi connectivity index (χ1) is 12.6. The van der Waals surface area contributed by atoms with E-state index in [4.69, 9.17) is 4.74 Å². The number of benzene rings is 1. The first-order valence-corrected chi connectivity index (χ1v) is 8.42. The summed E-state index contributed by atoms with van der Waals surface area (Å²) in [5, 5.41) is 7.09. The van der Waals surface area contributed by atoms with Crippen LogP contribution in [0.3, 0.4) is 0 Å². The van der Waals surface area contributed by atoms with Crippen molar-refractivity contribution < 1.29 is 9.53 Å². The molecule has 3 aromatic rings. The number of pyridine rings is 1. The highest BCUT2D eigenvalue weighted by molar-refractivity contribution is 5.94. The molecule has 1 atom stereocenters. The van der Waals surface area contributed by atoms with Crippen LogP contribution in [0, 0.1) is 0 Å². The normalized spacial score (nSPS) is 11.8. The van der Waals surface area contributed by atoms with Crippen LogP contribution in [0.4, 0.5) is 0 Å². The van der Waals surface area contributed by atoms with Crippen molar-refractivity contribution in [2.45, 2.75) is 26.4 Å². The number of nitrogens with zero attached hydrogens (tertiary/aromatic N) is 4. The second-order valence-electron chi connectivity index (χ2n) is 5.77. The number of nitrogens with one attached hydrogen (secondary N) is 1. The maximum atomic E-state index is 12.5. The Morgan fingerprint density at radius 1 is 1.23 bits per heavy atom. The molecule has 26 heavy (non-hydrogen) atoms. The van der Waals surface area contributed by atoms with E-state index in [9.17, 15) is 4.79 Å². The van der Waals surface area contributed by atoms with Crippen LogP contribution in [0.2, 0.25) is 0 Å². The zero-order chi connectivity index (χ0) is 18.5. The average Bonchev–Trinajstić information content (AvgIpc) is 3.17. The van der Waals surface area contributed by atoms with Crippen LogP contribution in [-0.2, 0) is 6.54 Å². The van der Waals surface area contributed by atoms with Gasteiger partial charge < -0.3 is 10.1 Å². The van der Waals surface area contributed by atoms with Gasteiger partial charge in [0.15, 0.2) is 0 Å². The van der Waals surface area contributed by atoms with Gasteiger partial charge in [0.1, 0.15) is 12.2 Å². The maximum absolute atomic E-state index is 12.5. The molecule has 1 amide bonds. The van der Waals surface area contributed by atoms with Gasteiger partial charge in [0, 0.05) is 23.7 Å². The molecule has 0 radical (unpaired) electrons. The van der Waals surface area contributed by atoms with Crippen molar-refractivity contribution in [2.24, 2.45) is 0 Å². The summed E-state index contributed by atoms with van der Waals surface area (Å²) in [4.78, 5) is 21.1. The predicted octanol–water partition coefficient (Wildman–Crippen LogP) is 2.86. The summed E-state index contributed by atoms with van der Waals surface area (Å²) in [5.74, 6) is 1.13. The number of hydrogen-bond acceptors (Lipinski definition) is 5. The highest BCUT2D eigenvalue weighted by atomic mass is 16.5. The van der Waals surface area contributed by atoms with E-state index in [0.717, 1.165) is 17.1 Å². The molecule has 2 heterocycles. The van der Waals surface area contributed by atoms with Crippen LogP contribution >= 0.6 is 0 Å². The van der Waals surface area contributed by atoms with Crippen LogP contribution in [0.5, 0.6) is 5.88 Å². The highest BCUT2D eigenvalue weighted by Gasteiger charge is 2.16. The van der Waals surface area contributed by atoms with Crippen molar-refractivity contribution in [2.75, 3.05) is 7.11 Å². The zero-order valence-corrected chi connectivity index (χ0v) is 15.0. The van der Waals surface area contributed by atoms with Gasteiger partial charge in [-0.1, -0.05) is 18.2 Å². The molecular formula is C19H21N5O2. The quantitative estimate of drug-likeness (QED) is 0.738. The third-order valence-electron chi connectivity index (χ3n) is 4.06. The van der Waals surface area contributed by atoms with Gasteiger partial charge in [0.2, 0.25) is 5.88 Å². The van der Waals surface area contributed by atoms with Gasteiger partial charge >= 0.3 is 0 Å². The van der Waals surface area contributed by atoms with Gasteiger partial charge in [-0.3, -0.25) is 4.79 Å². The summed E-state index contributed by atoms with van der Waals surface area (Å²) in [6.07, 6.45) is 1.50. The standard InChI is InChI=1S/C19H21N5O2/c1-4-24-18(20-12-21-24)13(2)22-19(25)15-10-8-14(9-11-15)16-6-5-7-17(23-16)26-3/h5-13H,4H2,1-3H3,(H,22,25)/t13-/m0/s1. The number of aromatic nitrogens is 4. The molecule has 0 aliphatic carbocycles. The monoisotopic (exact) mass is 351 g/mol. The van der Waals surface area contributed by atoms with Crippen LogP contribution in [-0.4, -0.2) is 32.8 Å². The van der Waals surface area contributed by atoms with E-state index >= 15 is 0 Å². The Bertz CT molecular complexity index is 889. The Kier molecular flexibility index (Phi) is 5.26. The SMILES string of the molecule is CCn1ncnc1[C@H](C)NC(=O)c1ccc(-c2cccc(OC)n2)cc1. The highest BCUT2D eigenvalue weighted by Crippen LogP contribution is 2.20. The molecule has 0 fully saturated rings. The number of carbonyl (C=O) groups is 1. The van der Waals surface area contributed by atoms with Gasteiger partial charge in [-0.25, -0.2) is 14.6 Å². The summed E-state index contributed by atoms with van der Waals surface area (Å²) in [5.41, 5.74) is 2.28. The number of rotatable bonds is 6. The molecule has 7 nitrogen and oxygen atoms in total. The molecule has 0 spiro atoms. The fourth-order valence-electron chi connectivity index (χ4n) is 2.68. The minimum atomic E-state index is -0.232. The van der Waals surface area contributed by atoms with Crippen molar-refractivity contribution in [3.05, 3.63) is 60.2 Å². The lowest BCUT2D eigenvalue weighted by Crippen LogP contribution is -2.28. The minimum absolute atomic E-state index is 0.159. The minimum Gasteiger partial charge on any atom is -0.481 e. The summed E-state index contributed by atoms with van der Waals surface area (Å²) in [7, 11) is 1.58. The van der Waals surface area contributed by atoms with Crippen molar-refractivity contribution in [3.63, 3.8) is 0 Å². The average molecular weight is 351 g/mol. The van der Waals surface area contributed by atoms with Crippen molar-refractivity contribution in [1.82, 2.24) is 25.1 Å². The molecule has 2 aromatic heterocycles. The molecule has 0 unspecified atom stereocenters. The molecule has 0 saturated heterocycles. The fraction of sp³-hybridized carbons (Fsp3) is 0.263. The molecule has 0 saturated carbocycles. The van der Waals surface area contributed by atoms with Gasteiger partial charge in [0.25, 0.3) is 5.91 Å². The number of methoxy groups -OCH3 is 1.